The minimum absolute atomic E-state index is 0.0148. The first-order chi connectivity index (χ1) is 12.6. The number of anilines is 1. The highest BCUT2D eigenvalue weighted by Gasteiger charge is 2.42. The quantitative estimate of drug-likeness (QED) is 0.668. The Morgan fingerprint density at radius 1 is 1.15 bits per heavy atom. The van der Waals surface area contributed by atoms with E-state index in [0.29, 0.717) is 0 Å². The molecule has 0 atom stereocenters. The lowest BCUT2D eigenvalue weighted by Gasteiger charge is -2.26. The maximum absolute atomic E-state index is 2.57. The van der Waals surface area contributed by atoms with Gasteiger partial charge in [0.2, 0.25) is 5.04 Å². The van der Waals surface area contributed by atoms with Gasteiger partial charge in [-0.2, -0.15) is 0 Å². The van der Waals surface area contributed by atoms with Crippen molar-refractivity contribution in [2.45, 2.75) is 39.5 Å². The summed E-state index contributed by atoms with van der Waals surface area (Å²) in [5.74, 6) is 1.21. The molecule has 0 saturated carbocycles. The van der Waals surface area contributed by atoms with E-state index in [-0.39, 0.29) is 5.41 Å². The van der Waals surface area contributed by atoms with Gasteiger partial charge in [-0.3, -0.25) is 0 Å². The summed E-state index contributed by atoms with van der Waals surface area (Å²) in [6, 6.07) is 13.5. The zero-order valence-electron chi connectivity index (χ0n) is 16.4. The molecule has 0 unspecified atom stereocenters. The maximum atomic E-state index is 2.57. The average molecular weight is 366 g/mol. The van der Waals surface area contributed by atoms with Crippen LogP contribution >= 0.6 is 11.8 Å². The Kier molecular flexibility index (Phi) is 4.60. The third-order valence-electron chi connectivity index (χ3n) is 5.77. The van der Waals surface area contributed by atoms with Gasteiger partial charge in [0.15, 0.2) is 6.54 Å². The van der Waals surface area contributed by atoms with Gasteiger partial charge in [-0.25, -0.2) is 4.58 Å². The maximum Gasteiger partial charge on any atom is 0.236 e. The first kappa shape index (κ1) is 17.7. The summed E-state index contributed by atoms with van der Waals surface area (Å²) in [6.07, 6.45) is 3.63. The highest BCUT2D eigenvalue weighted by molar-refractivity contribution is 8.14. The zero-order valence-corrected chi connectivity index (χ0v) is 17.2. The van der Waals surface area contributed by atoms with Gasteiger partial charge in [-0.05, 0) is 35.7 Å². The molecule has 2 aromatic rings. The predicted molar refractivity (Wildman–Crippen MR) is 116 cm³/mol. The number of fused-ring (bicyclic) bond motifs is 3. The minimum Gasteiger partial charge on any atom is -0.344 e. The van der Waals surface area contributed by atoms with Crippen molar-refractivity contribution in [3.8, 4) is 0 Å². The number of hydrogen-bond donors (Lipinski definition) is 0. The van der Waals surface area contributed by atoms with Gasteiger partial charge >= 0.3 is 0 Å². The number of rotatable bonds is 4. The van der Waals surface area contributed by atoms with Crippen LogP contribution in [0.15, 0.2) is 48.2 Å². The summed E-state index contributed by atoms with van der Waals surface area (Å²) in [7, 11) is 0. The van der Waals surface area contributed by atoms with Crippen LogP contribution < -0.4 is 4.90 Å². The third-order valence-corrected chi connectivity index (χ3v) is 6.82. The molecule has 0 aromatic heterocycles. The SMILES string of the molecule is CCCN1/C(=C/C2=[N+](CC)CCS2)C(C)(C)c2c1ccc1ccccc21. The molecule has 136 valence electrons. The van der Waals surface area contributed by atoms with Crippen LogP contribution in [0.25, 0.3) is 10.8 Å². The monoisotopic (exact) mass is 365 g/mol. The topological polar surface area (TPSA) is 6.25 Å². The van der Waals surface area contributed by atoms with E-state index < -0.39 is 0 Å². The first-order valence-electron chi connectivity index (χ1n) is 9.84. The van der Waals surface area contributed by atoms with Crippen LogP contribution in [0.3, 0.4) is 0 Å². The van der Waals surface area contributed by atoms with Crippen molar-refractivity contribution in [1.82, 2.24) is 0 Å². The molecule has 0 spiro atoms. The van der Waals surface area contributed by atoms with E-state index in [1.54, 1.807) is 0 Å². The van der Waals surface area contributed by atoms with Crippen LogP contribution in [-0.2, 0) is 5.41 Å². The molecule has 4 rings (SSSR count). The number of hydrogen-bond acceptors (Lipinski definition) is 2. The third kappa shape index (κ3) is 2.68. The largest absolute Gasteiger partial charge is 0.344 e. The van der Waals surface area contributed by atoms with E-state index in [9.17, 15) is 0 Å². The molecule has 3 heteroatoms. The fourth-order valence-corrected chi connectivity index (χ4v) is 5.60. The molecule has 2 aromatic carbocycles. The number of allylic oxidation sites excluding steroid dienone is 1. The van der Waals surface area contributed by atoms with Crippen LogP contribution in [0.1, 0.15) is 39.7 Å². The summed E-state index contributed by atoms with van der Waals surface area (Å²) in [6.45, 7) is 12.7. The molecular weight excluding hydrogens is 336 g/mol. The van der Waals surface area contributed by atoms with Crippen molar-refractivity contribution in [2.75, 3.05) is 30.3 Å². The van der Waals surface area contributed by atoms with Crippen molar-refractivity contribution < 1.29 is 4.58 Å². The van der Waals surface area contributed by atoms with E-state index in [1.165, 1.54) is 45.1 Å². The molecule has 0 saturated heterocycles. The van der Waals surface area contributed by atoms with Crippen molar-refractivity contribution in [2.24, 2.45) is 0 Å². The summed E-state index contributed by atoms with van der Waals surface area (Å²) in [5, 5.41) is 4.18. The summed E-state index contributed by atoms with van der Waals surface area (Å²) >= 11 is 2.00. The molecule has 2 aliphatic heterocycles. The second-order valence-electron chi connectivity index (χ2n) is 7.75. The fourth-order valence-electron chi connectivity index (χ4n) is 4.49. The number of nitrogens with zero attached hydrogens (tertiary/aromatic N) is 2. The van der Waals surface area contributed by atoms with E-state index in [1.807, 2.05) is 11.8 Å². The minimum atomic E-state index is 0.0148. The molecular formula is C23H29N2S+. The van der Waals surface area contributed by atoms with Crippen LogP contribution in [0, 0.1) is 0 Å². The second-order valence-corrected chi connectivity index (χ2v) is 8.87. The van der Waals surface area contributed by atoms with Gasteiger partial charge in [-0.1, -0.05) is 62.9 Å². The Balaban J connectivity index is 1.94. The molecule has 0 bridgehead atoms. The number of benzene rings is 2. The molecule has 2 aliphatic rings. The van der Waals surface area contributed by atoms with Gasteiger partial charge in [-0.15, -0.1) is 0 Å². The molecule has 2 heterocycles. The van der Waals surface area contributed by atoms with E-state index in [4.69, 9.17) is 0 Å². The summed E-state index contributed by atoms with van der Waals surface area (Å²) in [5.41, 5.74) is 4.35. The average Bonchev–Trinajstić information content (AvgIpc) is 3.18. The lowest BCUT2D eigenvalue weighted by atomic mass is 9.81. The van der Waals surface area contributed by atoms with Crippen molar-refractivity contribution in [3.05, 3.63) is 53.7 Å². The van der Waals surface area contributed by atoms with E-state index >= 15 is 0 Å². The molecule has 0 amide bonds. The standard InChI is InChI=1S/C23H29N2S/c1-5-13-25-19-12-11-17-9-7-8-10-18(17)22(19)23(3,4)20(25)16-21-24(6-2)14-15-26-21/h7-12,16H,5-6,13-15H2,1-4H3/q+1. The predicted octanol–water partition coefficient (Wildman–Crippen LogP) is 5.41. The van der Waals surface area contributed by atoms with Gasteiger partial charge in [0.25, 0.3) is 0 Å². The number of thioether (sulfide) groups is 1. The second kappa shape index (κ2) is 6.77. The molecule has 0 fully saturated rings. The Hall–Kier alpha value is -1.74. The molecule has 0 aliphatic carbocycles. The van der Waals surface area contributed by atoms with Gasteiger partial charge in [0.05, 0.1) is 5.75 Å². The van der Waals surface area contributed by atoms with Crippen LogP contribution in [0.5, 0.6) is 0 Å². The zero-order chi connectivity index (χ0) is 18.3. The van der Waals surface area contributed by atoms with E-state index in [2.05, 4.69) is 79.6 Å². The van der Waals surface area contributed by atoms with Gasteiger partial charge in [0, 0.05) is 29.4 Å². The van der Waals surface area contributed by atoms with Crippen LogP contribution in [0.2, 0.25) is 0 Å². The van der Waals surface area contributed by atoms with Crippen molar-refractivity contribution >= 4 is 33.3 Å². The highest BCUT2D eigenvalue weighted by Crippen LogP contribution is 2.50. The molecule has 2 nitrogen and oxygen atoms in total. The highest BCUT2D eigenvalue weighted by atomic mass is 32.2. The summed E-state index contributed by atoms with van der Waals surface area (Å²) in [4.78, 5) is 2.57. The van der Waals surface area contributed by atoms with Gasteiger partial charge in [0.1, 0.15) is 6.54 Å². The fraction of sp³-hybridized carbons (Fsp3) is 0.435. The van der Waals surface area contributed by atoms with Crippen LogP contribution in [0.4, 0.5) is 5.69 Å². The van der Waals surface area contributed by atoms with Crippen LogP contribution in [-0.4, -0.2) is 35.0 Å². The van der Waals surface area contributed by atoms with Crippen molar-refractivity contribution in [3.63, 3.8) is 0 Å². The Bertz CT molecular complexity index is 908. The normalized spacial score (nSPS) is 20.5. The Morgan fingerprint density at radius 3 is 2.73 bits per heavy atom. The lowest BCUT2D eigenvalue weighted by molar-refractivity contribution is -0.513. The molecule has 0 N–H and O–H groups in total. The lowest BCUT2D eigenvalue weighted by Crippen LogP contribution is -2.28. The van der Waals surface area contributed by atoms with Crippen molar-refractivity contribution in [1.29, 1.82) is 0 Å². The first-order valence-corrected chi connectivity index (χ1v) is 10.8. The molecule has 0 radical (unpaired) electrons. The molecule has 26 heavy (non-hydrogen) atoms. The van der Waals surface area contributed by atoms with E-state index in [0.717, 1.165) is 19.5 Å². The Morgan fingerprint density at radius 2 is 1.96 bits per heavy atom. The van der Waals surface area contributed by atoms with Gasteiger partial charge < -0.3 is 4.90 Å². The smallest absolute Gasteiger partial charge is 0.236 e. The Labute approximate surface area is 161 Å². The summed E-state index contributed by atoms with van der Waals surface area (Å²) < 4.78 is 2.51.